The number of carbonyl (C=O) groups excluding carboxylic acids is 2. The van der Waals surface area contributed by atoms with Gasteiger partial charge in [-0.1, -0.05) is 64.5 Å². The molecule has 0 saturated carbocycles. The summed E-state index contributed by atoms with van der Waals surface area (Å²) < 4.78 is 5.77. The molecule has 3 aromatic carbocycles. The number of ether oxygens (including phenoxy) is 1. The van der Waals surface area contributed by atoms with E-state index in [-0.39, 0.29) is 17.2 Å². The molecule has 2 amide bonds. The highest BCUT2D eigenvalue weighted by Crippen LogP contribution is 2.32. The molecule has 0 aromatic heterocycles. The highest BCUT2D eigenvalue weighted by molar-refractivity contribution is 9.10. The molecule has 0 spiro atoms. The van der Waals surface area contributed by atoms with Crippen molar-refractivity contribution in [1.82, 2.24) is 10.7 Å². The maximum absolute atomic E-state index is 12.8. The van der Waals surface area contributed by atoms with Crippen LogP contribution in [0.2, 0.25) is 0 Å². The molecule has 0 saturated heterocycles. The van der Waals surface area contributed by atoms with Crippen LogP contribution in [0.1, 0.15) is 21.5 Å². The zero-order valence-electron chi connectivity index (χ0n) is 17.1. The third-order valence-electron chi connectivity index (χ3n) is 4.30. The average molecular weight is 494 g/mol. The van der Waals surface area contributed by atoms with Gasteiger partial charge in [-0.05, 0) is 35.9 Å². The van der Waals surface area contributed by atoms with E-state index in [1.54, 1.807) is 60.7 Å². The Bertz CT molecular complexity index is 1160. The van der Waals surface area contributed by atoms with E-state index in [1.807, 2.05) is 18.2 Å². The second-order valence-electron chi connectivity index (χ2n) is 6.53. The van der Waals surface area contributed by atoms with Crippen molar-refractivity contribution in [3.05, 3.63) is 99.7 Å². The van der Waals surface area contributed by atoms with Crippen LogP contribution in [0, 0.1) is 0 Å². The molecule has 0 heterocycles. The molecule has 3 rings (SSSR count). The molecule has 3 aromatic rings. The number of nitrogens with one attached hydrogen (secondary N) is 2. The largest absolute Gasteiger partial charge is 0.504 e. The molecular weight excluding hydrogens is 474 g/mol. The van der Waals surface area contributed by atoms with Crippen molar-refractivity contribution in [2.24, 2.45) is 5.10 Å². The number of phenols is 1. The number of benzene rings is 3. The van der Waals surface area contributed by atoms with E-state index in [9.17, 15) is 14.7 Å². The summed E-state index contributed by atoms with van der Waals surface area (Å²) in [6.07, 6.45) is 2.82. The molecule has 3 N–H and O–H groups in total. The lowest BCUT2D eigenvalue weighted by Crippen LogP contribution is -2.32. The third-order valence-corrected chi connectivity index (χ3v) is 4.76. The first kappa shape index (κ1) is 22.8. The molecule has 0 fully saturated rings. The molecule has 0 aliphatic rings. The number of hydrogen-bond donors (Lipinski definition) is 3. The fourth-order valence-electron chi connectivity index (χ4n) is 2.73. The fraction of sp³-hybridized carbons (Fsp3) is 0.0417. The Morgan fingerprint density at radius 2 is 1.69 bits per heavy atom. The summed E-state index contributed by atoms with van der Waals surface area (Å²) >= 11 is 3.32. The lowest BCUT2D eigenvalue weighted by molar-refractivity contribution is -0.117. The van der Waals surface area contributed by atoms with Gasteiger partial charge in [-0.15, -0.1) is 0 Å². The minimum Gasteiger partial charge on any atom is -0.504 e. The predicted octanol–water partition coefficient (Wildman–Crippen LogP) is 4.08. The molecule has 8 heteroatoms. The van der Waals surface area contributed by atoms with Crippen molar-refractivity contribution >= 4 is 40.0 Å². The van der Waals surface area contributed by atoms with Crippen LogP contribution >= 0.6 is 15.9 Å². The Labute approximate surface area is 193 Å². The van der Waals surface area contributed by atoms with Crippen molar-refractivity contribution in [1.29, 1.82) is 0 Å². The SMILES string of the molecule is COc1cc(Br)cc(/C=N/NC(=O)/C(=C/c2ccccc2)NC(=O)c2ccccc2)c1O. The quantitative estimate of drug-likeness (QED) is 0.262. The zero-order chi connectivity index (χ0) is 22.9. The van der Waals surface area contributed by atoms with Gasteiger partial charge in [-0.3, -0.25) is 9.59 Å². The van der Waals surface area contributed by atoms with Crippen LogP contribution in [-0.4, -0.2) is 30.2 Å². The second kappa shape index (κ2) is 10.9. The summed E-state index contributed by atoms with van der Waals surface area (Å²) in [4.78, 5) is 25.4. The highest BCUT2D eigenvalue weighted by atomic mass is 79.9. The summed E-state index contributed by atoms with van der Waals surface area (Å²) in [5.41, 5.74) is 3.85. The Morgan fingerprint density at radius 1 is 1.03 bits per heavy atom. The number of amides is 2. The Hall–Kier alpha value is -3.91. The van der Waals surface area contributed by atoms with Crippen LogP contribution in [-0.2, 0) is 4.79 Å². The highest BCUT2D eigenvalue weighted by Gasteiger charge is 2.14. The number of methoxy groups -OCH3 is 1. The van der Waals surface area contributed by atoms with E-state index in [0.29, 0.717) is 15.6 Å². The van der Waals surface area contributed by atoms with E-state index in [1.165, 1.54) is 13.3 Å². The molecule has 162 valence electrons. The normalized spacial score (nSPS) is 11.2. The van der Waals surface area contributed by atoms with Crippen LogP contribution in [0.15, 0.2) is 88.1 Å². The maximum Gasteiger partial charge on any atom is 0.287 e. The summed E-state index contributed by atoms with van der Waals surface area (Å²) in [6.45, 7) is 0. The van der Waals surface area contributed by atoms with Gasteiger partial charge < -0.3 is 15.2 Å². The van der Waals surface area contributed by atoms with Gasteiger partial charge in [0.1, 0.15) is 5.70 Å². The molecule has 0 atom stereocenters. The van der Waals surface area contributed by atoms with Crippen LogP contribution in [0.25, 0.3) is 6.08 Å². The van der Waals surface area contributed by atoms with Crippen molar-refractivity contribution in [3.63, 3.8) is 0 Å². The number of hydrazone groups is 1. The van der Waals surface area contributed by atoms with Gasteiger partial charge in [0, 0.05) is 15.6 Å². The molecule has 0 aliphatic carbocycles. The Morgan fingerprint density at radius 3 is 2.34 bits per heavy atom. The van der Waals surface area contributed by atoms with Gasteiger partial charge in [-0.25, -0.2) is 5.43 Å². The first-order valence-electron chi connectivity index (χ1n) is 9.51. The number of phenolic OH excluding ortho intramolecular Hbond substituents is 1. The minimum absolute atomic E-state index is 0.0123. The Kier molecular flexibility index (Phi) is 7.77. The number of halogens is 1. The van der Waals surface area contributed by atoms with Crippen LogP contribution in [0.4, 0.5) is 0 Å². The summed E-state index contributed by atoms with van der Waals surface area (Å²) in [5.74, 6) is -0.921. The number of rotatable bonds is 7. The summed E-state index contributed by atoms with van der Waals surface area (Å²) in [6, 6.07) is 20.9. The maximum atomic E-state index is 12.8. The average Bonchev–Trinajstić information content (AvgIpc) is 2.81. The number of carbonyl (C=O) groups is 2. The fourth-order valence-corrected chi connectivity index (χ4v) is 3.18. The van der Waals surface area contributed by atoms with Gasteiger partial charge in [0.25, 0.3) is 11.8 Å². The van der Waals surface area contributed by atoms with Crippen LogP contribution < -0.4 is 15.5 Å². The van der Waals surface area contributed by atoms with Crippen molar-refractivity contribution in [2.75, 3.05) is 7.11 Å². The van der Waals surface area contributed by atoms with Crippen LogP contribution in [0.5, 0.6) is 11.5 Å². The number of aromatic hydroxyl groups is 1. The van der Waals surface area contributed by atoms with E-state index < -0.39 is 11.8 Å². The molecule has 32 heavy (non-hydrogen) atoms. The predicted molar refractivity (Wildman–Crippen MR) is 126 cm³/mol. The standard InChI is InChI=1S/C24H20BrN3O4/c1-32-21-14-19(25)13-18(22(21)29)15-26-28-24(31)20(12-16-8-4-2-5-9-16)27-23(30)17-10-6-3-7-11-17/h2-15,29H,1H3,(H,27,30)(H,28,31)/b20-12-,26-15+. The first-order valence-corrected chi connectivity index (χ1v) is 10.3. The van der Waals surface area contributed by atoms with E-state index in [2.05, 4.69) is 31.8 Å². The molecule has 0 bridgehead atoms. The van der Waals surface area contributed by atoms with Gasteiger partial charge in [0.2, 0.25) is 0 Å². The van der Waals surface area contributed by atoms with Crippen molar-refractivity contribution in [2.45, 2.75) is 0 Å². The third kappa shape index (κ3) is 6.05. The summed E-state index contributed by atoms with van der Waals surface area (Å²) in [7, 11) is 1.43. The van der Waals surface area contributed by atoms with E-state index in [4.69, 9.17) is 4.74 Å². The minimum atomic E-state index is -0.629. The molecular formula is C24H20BrN3O4. The lowest BCUT2D eigenvalue weighted by Gasteiger charge is -2.09. The van der Waals surface area contributed by atoms with E-state index in [0.717, 1.165) is 5.56 Å². The smallest absolute Gasteiger partial charge is 0.287 e. The second-order valence-corrected chi connectivity index (χ2v) is 7.45. The monoisotopic (exact) mass is 493 g/mol. The van der Waals surface area contributed by atoms with Gasteiger partial charge in [0.15, 0.2) is 11.5 Å². The molecule has 0 aliphatic heterocycles. The zero-order valence-corrected chi connectivity index (χ0v) is 18.7. The van der Waals surface area contributed by atoms with E-state index >= 15 is 0 Å². The van der Waals surface area contributed by atoms with Gasteiger partial charge in [0.05, 0.1) is 13.3 Å². The Balaban J connectivity index is 1.81. The topological polar surface area (TPSA) is 100 Å². The number of nitrogens with zero attached hydrogens (tertiary/aromatic N) is 1. The molecule has 7 nitrogen and oxygen atoms in total. The lowest BCUT2D eigenvalue weighted by atomic mass is 10.1. The molecule has 0 radical (unpaired) electrons. The summed E-state index contributed by atoms with van der Waals surface area (Å²) in [5, 5.41) is 16.7. The van der Waals surface area contributed by atoms with Crippen LogP contribution in [0.3, 0.4) is 0 Å². The van der Waals surface area contributed by atoms with Crippen molar-refractivity contribution in [3.8, 4) is 11.5 Å². The molecule has 0 unspecified atom stereocenters. The van der Waals surface area contributed by atoms with Gasteiger partial charge in [-0.2, -0.15) is 5.10 Å². The number of hydrogen-bond acceptors (Lipinski definition) is 5. The van der Waals surface area contributed by atoms with Crippen molar-refractivity contribution < 1.29 is 19.4 Å². The van der Waals surface area contributed by atoms with Gasteiger partial charge >= 0.3 is 0 Å². The first-order chi connectivity index (χ1) is 15.5.